The van der Waals surface area contributed by atoms with Crippen molar-refractivity contribution in [1.82, 2.24) is 15.5 Å². The SMILES string of the molecule is CN1CCC(NC(=O)C2CC(F)(F)CN2)C1c1ccc(Cl)cc1.Cl. The molecule has 0 bridgehead atoms. The summed E-state index contributed by atoms with van der Waals surface area (Å²) in [5.74, 6) is -3.15. The Morgan fingerprint density at radius 2 is 2.04 bits per heavy atom. The Morgan fingerprint density at radius 1 is 1.38 bits per heavy atom. The first-order valence-electron chi connectivity index (χ1n) is 7.73. The molecule has 1 amide bonds. The van der Waals surface area contributed by atoms with Crippen molar-refractivity contribution in [2.24, 2.45) is 0 Å². The van der Waals surface area contributed by atoms with E-state index in [1.807, 2.05) is 31.3 Å². The number of nitrogens with one attached hydrogen (secondary N) is 2. The maximum atomic E-state index is 13.2. The minimum absolute atomic E-state index is 0. The van der Waals surface area contributed by atoms with E-state index in [2.05, 4.69) is 15.5 Å². The van der Waals surface area contributed by atoms with Gasteiger partial charge in [0.25, 0.3) is 5.92 Å². The first-order valence-corrected chi connectivity index (χ1v) is 8.11. The van der Waals surface area contributed by atoms with E-state index in [9.17, 15) is 13.6 Å². The quantitative estimate of drug-likeness (QED) is 0.848. The Balaban J connectivity index is 0.00000208. The molecular weight excluding hydrogens is 359 g/mol. The number of alkyl halides is 2. The third-order valence-electron chi connectivity index (χ3n) is 4.61. The lowest BCUT2D eigenvalue weighted by Crippen LogP contribution is -2.46. The Kier molecular flexibility index (Phi) is 6.07. The molecule has 0 saturated carbocycles. The van der Waals surface area contributed by atoms with Crippen LogP contribution in [0.5, 0.6) is 0 Å². The van der Waals surface area contributed by atoms with Crippen LogP contribution in [-0.4, -0.2) is 49.0 Å². The van der Waals surface area contributed by atoms with E-state index in [1.165, 1.54) is 0 Å². The van der Waals surface area contributed by atoms with Gasteiger partial charge in [-0.3, -0.25) is 15.0 Å². The zero-order valence-electron chi connectivity index (χ0n) is 13.3. The Morgan fingerprint density at radius 3 is 2.62 bits per heavy atom. The van der Waals surface area contributed by atoms with E-state index in [-0.39, 0.29) is 30.4 Å². The maximum Gasteiger partial charge on any atom is 0.262 e. The van der Waals surface area contributed by atoms with Crippen LogP contribution in [0.25, 0.3) is 0 Å². The van der Waals surface area contributed by atoms with Crippen molar-refractivity contribution < 1.29 is 13.6 Å². The van der Waals surface area contributed by atoms with Gasteiger partial charge in [0.1, 0.15) is 0 Å². The van der Waals surface area contributed by atoms with Gasteiger partial charge < -0.3 is 5.32 Å². The highest BCUT2D eigenvalue weighted by Crippen LogP contribution is 2.32. The average molecular weight is 380 g/mol. The minimum Gasteiger partial charge on any atom is -0.350 e. The monoisotopic (exact) mass is 379 g/mol. The molecule has 3 rings (SSSR count). The predicted octanol–water partition coefficient (Wildman–Crippen LogP) is 2.62. The first kappa shape index (κ1) is 19.4. The van der Waals surface area contributed by atoms with E-state index in [4.69, 9.17) is 11.6 Å². The van der Waals surface area contributed by atoms with Crippen molar-refractivity contribution in [3.05, 3.63) is 34.9 Å². The Hall–Kier alpha value is -0.950. The van der Waals surface area contributed by atoms with Crippen molar-refractivity contribution in [3.8, 4) is 0 Å². The molecule has 2 aliphatic rings. The number of hydrogen-bond donors (Lipinski definition) is 2. The van der Waals surface area contributed by atoms with Crippen molar-refractivity contribution in [2.75, 3.05) is 20.1 Å². The minimum atomic E-state index is -2.80. The van der Waals surface area contributed by atoms with Gasteiger partial charge in [-0.25, -0.2) is 8.78 Å². The molecule has 0 radical (unpaired) electrons. The van der Waals surface area contributed by atoms with Gasteiger partial charge >= 0.3 is 0 Å². The van der Waals surface area contributed by atoms with E-state index < -0.39 is 24.9 Å². The number of amides is 1. The molecule has 2 aliphatic heterocycles. The van der Waals surface area contributed by atoms with Gasteiger partial charge in [-0.1, -0.05) is 23.7 Å². The number of likely N-dealkylation sites (N-methyl/N-ethyl adjacent to an activating group) is 1. The second kappa shape index (κ2) is 7.52. The number of carbonyl (C=O) groups is 1. The van der Waals surface area contributed by atoms with Gasteiger partial charge in [-0.15, -0.1) is 12.4 Å². The summed E-state index contributed by atoms with van der Waals surface area (Å²) in [7, 11) is 1.99. The summed E-state index contributed by atoms with van der Waals surface area (Å²) < 4.78 is 26.5. The van der Waals surface area contributed by atoms with Crippen LogP contribution in [0, 0.1) is 0 Å². The average Bonchev–Trinajstić information content (AvgIpc) is 3.03. The number of likely N-dealkylation sites (tertiary alicyclic amines) is 1. The van der Waals surface area contributed by atoms with Gasteiger partial charge in [0.2, 0.25) is 5.91 Å². The summed E-state index contributed by atoms with van der Waals surface area (Å²) in [4.78, 5) is 14.4. The molecular formula is C16H21Cl2F2N3O. The number of carbonyl (C=O) groups excluding carboxylic acids is 1. The van der Waals surface area contributed by atoms with Crippen molar-refractivity contribution in [3.63, 3.8) is 0 Å². The fraction of sp³-hybridized carbons (Fsp3) is 0.562. The number of benzene rings is 1. The molecule has 3 unspecified atom stereocenters. The summed E-state index contributed by atoms with van der Waals surface area (Å²) in [5, 5.41) is 6.20. The molecule has 0 aliphatic carbocycles. The van der Waals surface area contributed by atoms with Gasteiger partial charge in [-0.05, 0) is 31.2 Å². The zero-order chi connectivity index (χ0) is 16.6. The molecule has 8 heteroatoms. The van der Waals surface area contributed by atoms with Crippen LogP contribution >= 0.6 is 24.0 Å². The summed E-state index contributed by atoms with van der Waals surface area (Å²) in [6.45, 7) is 0.406. The fourth-order valence-electron chi connectivity index (χ4n) is 3.43. The van der Waals surface area contributed by atoms with Gasteiger partial charge in [-0.2, -0.15) is 0 Å². The largest absolute Gasteiger partial charge is 0.350 e. The summed E-state index contributed by atoms with van der Waals surface area (Å²) in [6.07, 6.45) is 0.353. The predicted molar refractivity (Wildman–Crippen MR) is 92.0 cm³/mol. The van der Waals surface area contributed by atoms with Crippen molar-refractivity contribution >= 4 is 29.9 Å². The topological polar surface area (TPSA) is 44.4 Å². The van der Waals surface area contributed by atoms with Crippen LogP contribution in [-0.2, 0) is 4.79 Å². The highest BCUT2D eigenvalue weighted by molar-refractivity contribution is 6.30. The van der Waals surface area contributed by atoms with Crippen LogP contribution in [0.3, 0.4) is 0 Å². The summed E-state index contributed by atoms with van der Waals surface area (Å²) in [6, 6.07) is 6.64. The van der Waals surface area contributed by atoms with Gasteiger partial charge in [0.05, 0.1) is 18.6 Å². The molecule has 3 atom stereocenters. The van der Waals surface area contributed by atoms with Crippen molar-refractivity contribution in [2.45, 2.75) is 36.9 Å². The molecule has 2 N–H and O–H groups in total. The van der Waals surface area contributed by atoms with E-state index in [0.29, 0.717) is 5.02 Å². The van der Waals surface area contributed by atoms with Crippen LogP contribution in [0.4, 0.5) is 8.78 Å². The molecule has 0 aromatic heterocycles. The first-order chi connectivity index (χ1) is 10.9. The zero-order valence-corrected chi connectivity index (χ0v) is 14.8. The third-order valence-corrected chi connectivity index (χ3v) is 4.87. The number of nitrogens with zero attached hydrogens (tertiary/aromatic N) is 1. The standard InChI is InChI=1S/C16H20ClF2N3O.ClH/c1-22-7-6-12(14(22)10-2-4-11(17)5-3-10)21-15(23)13-8-16(18,19)9-20-13;/h2-5,12-14,20H,6-9H2,1H3,(H,21,23);1H. The molecule has 4 nitrogen and oxygen atoms in total. The lowest BCUT2D eigenvalue weighted by atomic mass is 9.99. The number of hydrogen-bond acceptors (Lipinski definition) is 3. The number of rotatable bonds is 3. The molecule has 0 spiro atoms. The second-order valence-electron chi connectivity index (χ2n) is 6.37. The summed E-state index contributed by atoms with van der Waals surface area (Å²) in [5.41, 5.74) is 1.06. The second-order valence-corrected chi connectivity index (χ2v) is 6.81. The molecule has 1 aromatic carbocycles. The van der Waals surface area contributed by atoms with E-state index >= 15 is 0 Å². The molecule has 2 fully saturated rings. The normalized spacial score (nSPS) is 29.2. The van der Waals surface area contributed by atoms with Crippen LogP contribution < -0.4 is 10.6 Å². The molecule has 2 heterocycles. The third kappa shape index (κ3) is 4.17. The lowest BCUT2D eigenvalue weighted by Gasteiger charge is -2.27. The molecule has 24 heavy (non-hydrogen) atoms. The molecule has 1 aromatic rings. The van der Waals surface area contributed by atoms with Crippen LogP contribution in [0.15, 0.2) is 24.3 Å². The highest BCUT2D eigenvalue weighted by Gasteiger charge is 2.43. The smallest absolute Gasteiger partial charge is 0.262 e. The van der Waals surface area contributed by atoms with E-state index in [0.717, 1.165) is 18.5 Å². The number of halogens is 4. The molecule has 134 valence electrons. The van der Waals surface area contributed by atoms with Crippen molar-refractivity contribution in [1.29, 1.82) is 0 Å². The van der Waals surface area contributed by atoms with Gasteiger partial charge in [0.15, 0.2) is 0 Å². The Labute approximate surface area is 151 Å². The van der Waals surface area contributed by atoms with Crippen LogP contribution in [0.1, 0.15) is 24.4 Å². The summed E-state index contributed by atoms with van der Waals surface area (Å²) >= 11 is 5.93. The van der Waals surface area contributed by atoms with Crippen LogP contribution in [0.2, 0.25) is 5.02 Å². The van der Waals surface area contributed by atoms with E-state index in [1.54, 1.807) is 0 Å². The maximum absolute atomic E-state index is 13.2. The Bertz CT molecular complexity index is 585. The lowest BCUT2D eigenvalue weighted by molar-refractivity contribution is -0.124. The molecule has 2 saturated heterocycles. The van der Waals surface area contributed by atoms with Gasteiger partial charge in [0, 0.05) is 24.0 Å². The highest BCUT2D eigenvalue weighted by atomic mass is 35.5. The fourth-order valence-corrected chi connectivity index (χ4v) is 3.55.